The zero-order valence-electron chi connectivity index (χ0n) is 12.7. The van der Waals surface area contributed by atoms with Gasteiger partial charge in [0.25, 0.3) is 0 Å². The molecule has 0 aromatic heterocycles. The van der Waals surface area contributed by atoms with E-state index in [0.29, 0.717) is 26.4 Å². The molecule has 0 heterocycles. The van der Waals surface area contributed by atoms with Gasteiger partial charge in [-0.05, 0) is 45.1 Å². The van der Waals surface area contributed by atoms with E-state index in [9.17, 15) is 5.11 Å². The highest BCUT2D eigenvalue weighted by molar-refractivity contribution is 4.74. The van der Waals surface area contributed by atoms with Gasteiger partial charge in [0, 0.05) is 6.54 Å². The number of hydrogen-bond acceptors (Lipinski definition) is 4. The number of nitrogens with one attached hydrogen (secondary N) is 1. The maximum absolute atomic E-state index is 9.76. The molecule has 0 aliphatic heterocycles. The zero-order valence-corrected chi connectivity index (χ0v) is 12.7. The average molecular weight is 273 g/mol. The van der Waals surface area contributed by atoms with Gasteiger partial charge in [0.05, 0.1) is 32.0 Å². The maximum Gasteiger partial charge on any atom is 0.0897 e. The molecule has 4 heteroatoms. The van der Waals surface area contributed by atoms with Crippen molar-refractivity contribution < 1.29 is 14.6 Å². The molecule has 3 unspecified atom stereocenters. The number of hydrogen-bond donors (Lipinski definition) is 2. The molecular weight excluding hydrogens is 242 g/mol. The number of rotatable bonds is 10. The Bertz CT molecular complexity index is 223. The molecule has 1 rings (SSSR count). The molecule has 19 heavy (non-hydrogen) atoms. The van der Waals surface area contributed by atoms with Crippen molar-refractivity contribution in [1.29, 1.82) is 0 Å². The molecule has 114 valence electrons. The van der Waals surface area contributed by atoms with Crippen LogP contribution in [0.15, 0.2) is 0 Å². The molecule has 1 saturated carbocycles. The van der Waals surface area contributed by atoms with E-state index >= 15 is 0 Å². The fourth-order valence-corrected chi connectivity index (χ4v) is 2.59. The van der Waals surface area contributed by atoms with Crippen LogP contribution in [0.3, 0.4) is 0 Å². The highest BCUT2D eigenvalue weighted by atomic mass is 16.5. The summed E-state index contributed by atoms with van der Waals surface area (Å²) in [6.45, 7) is 9.50. The summed E-state index contributed by atoms with van der Waals surface area (Å²) in [5.41, 5.74) is 0. The van der Waals surface area contributed by atoms with Gasteiger partial charge in [-0.2, -0.15) is 0 Å². The molecule has 2 N–H and O–H groups in total. The molecule has 0 aromatic rings. The molecule has 1 fully saturated rings. The summed E-state index contributed by atoms with van der Waals surface area (Å²) in [5, 5.41) is 13.1. The summed E-state index contributed by atoms with van der Waals surface area (Å²) in [7, 11) is 0. The first-order chi connectivity index (χ1) is 9.08. The summed E-state index contributed by atoms with van der Waals surface area (Å²) in [6.07, 6.45) is 3.83. The van der Waals surface area contributed by atoms with E-state index in [1.54, 1.807) is 0 Å². The summed E-state index contributed by atoms with van der Waals surface area (Å²) in [6, 6.07) is 0. The number of aliphatic hydroxyl groups excluding tert-OH is 1. The van der Waals surface area contributed by atoms with Crippen molar-refractivity contribution in [1.82, 2.24) is 5.32 Å². The van der Waals surface area contributed by atoms with Gasteiger partial charge in [-0.3, -0.25) is 0 Å². The Morgan fingerprint density at radius 3 is 2.68 bits per heavy atom. The molecule has 3 atom stereocenters. The fourth-order valence-electron chi connectivity index (χ4n) is 2.59. The first kappa shape index (κ1) is 16.9. The SMILES string of the molecule is CC1CCC(CNCC(O)COCCOC(C)C)C1. The van der Waals surface area contributed by atoms with E-state index in [2.05, 4.69) is 12.2 Å². The molecular formula is C15H31NO3. The molecule has 0 aromatic carbocycles. The fraction of sp³-hybridized carbons (Fsp3) is 1.00. The minimum atomic E-state index is -0.419. The third-order valence-corrected chi connectivity index (χ3v) is 3.61. The van der Waals surface area contributed by atoms with Crippen LogP contribution < -0.4 is 5.32 Å². The van der Waals surface area contributed by atoms with Crippen LogP contribution in [0.5, 0.6) is 0 Å². The molecule has 0 amide bonds. The predicted octanol–water partition coefficient (Wildman–Crippen LogP) is 1.81. The van der Waals surface area contributed by atoms with E-state index < -0.39 is 6.10 Å². The van der Waals surface area contributed by atoms with Gasteiger partial charge in [0.1, 0.15) is 0 Å². The van der Waals surface area contributed by atoms with Crippen LogP contribution in [0.2, 0.25) is 0 Å². The summed E-state index contributed by atoms with van der Waals surface area (Å²) < 4.78 is 10.7. The third-order valence-electron chi connectivity index (χ3n) is 3.61. The molecule has 0 bridgehead atoms. The van der Waals surface area contributed by atoms with Crippen LogP contribution in [-0.4, -0.2) is 50.2 Å². The minimum absolute atomic E-state index is 0.240. The van der Waals surface area contributed by atoms with Crippen molar-refractivity contribution >= 4 is 0 Å². The molecule has 0 radical (unpaired) electrons. The van der Waals surface area contributed by atoms with Crippen LogP contribution in [-0.2, 0) is 9.47 Å². The lowest BCUT2D eigenvalue weighted by atomic mass is 10.1. The van der Waals surface area contributed by atoms with Crippen LogP contribution in [0, 0.1) is 11.8 Å². The lowest BCUT2D eigenvalue weighted by Crippen LogP contribution is -2.33. The highest BCUT2D eigenvalue weighted by Gasteiger charge is 2.20. The topological polar surface area (TPSA) is 50.7 Å². The first-order valence-corrected chi connectivity index (χ1v) is 7.66. The maximum atomic E-state index is 9.76. The van der Waals surface area contributed by atoms with Gasteiger partial charge < -0.3 is 19.9 Å². The van der Waals surface area contributed by atoms with Crippen molar-refractivity contribution in [2.24, 2.45) is 11.8 Å². The Kier molecular flexibility index (Phi) is 8.62. The Morgan fingerprint density at radius 1 is 1.26 bits per heavy atom. The molecule has 1 aliphatic carbocycles. The van der Waals surface area contributed by atoms with Crippen molar-refractivity contribution in [3.8, 4) is 0 Å². The summed E-state index contributed by atoms with van der Waals surface area (Å²) in [4.78, 5) is 0. The molecule has 1 aliphatic rings. The minimum Gasteiger partial charge on any atom is -0.389 e. The Balaban J connectivity index is 1.89. The van der Waals surface area contributed by atoms with E-state index in [1.165, 1.54) is 19.3 Å². The zero-order chi connectivity index (χ0) is 14.1. The third kappa shape index (κ3) is 8.58. The quantitative estimate of drug-likeness (QED) is 0.596. The second kappa shape index (κ2) is 9.70. The van der Waals surface area contributed by atoms with Crippen molar-refractivity contribution in [2.75, 3.05) is 32.9 Å². The second-order valence-corrected chi connectivity index (χ2v) is 6.09. The van der Waals surface area contributed by atoms with E-state index in [1.807, 2.05) is 13.8 Å². The Labute approximate surface area is 117 Å². The molecule has 0 saturated heterocycles. The Hall–Kier alpha value is -0.160. The van der Waals surface area contributed by atoms with Gasteiger partial charge in [0.15, 0.2) is 0 Å². The van der Waals surface area contributed by atoms with Crippen LogP contribution in [0.1, 0.15) is 40.0 Å². The van der Waals surface area contributed by atoms with E-state index in [0.717, 1.165) is 18.4 Å². The summed E-state index contributed by atoms with van der Waals surface area (Å²) in [5.74, 6) is 1.67. The molecule has 4 nitrogen and oxygen atoms in total. The first-order valence-electron chi connectivity index (χ1n) is 7.66. The lowest BCUT2D eigenvalue weighted by Gasteiger charge is -2.15. The second-order valence-electron chi connectivity index (χ2n) is 6.09. The van der Waals surface area contributed by atoms with Gasteiger partial charge in [0.2, 0.25) is 0 Å². The van der Waals surface area contributed by atoms with Crippen molar-refractivity contribution in [3.05, 3.63) is 0 Å². The van der Waals surface area contributed by atoms with Crippen LogP contribution in [0.4, 0.5) is 0 Å². The molecule has 0 spiro atoms. The predicted molar refractivity (Wildman–Crippen MR) is 77.3 cm³/mol. The summed E-state index contributed by atoms with van der Waals surface area (Å²) >= 11 is 0. The normalized spacial score (nSPS) is 25.1. The monoisotopic (exact) mass is 273 g/mol. The van der Waals surface area contributed by atoms with Gasteiger partial charge in [-0.25, -0.2) is 0 Å². The largest absolute Gasteiger partial charge is 0.389 e. The average Bonchev–Trinajstić information content (AvgIpc) is 2.74. The number of ether oxygens (including phenoxy) is 2. The van der Waals surface area contributed by atoms with Gasteiger partial charge >= 0.3 is 0 Å². The smallest absolute Gasteiger partial charge is 0.0897 e. The van der Waals surface area contributed by atoms with Crippen molar-refractivity contribution in [2.45, 2.75) is 52.2 Å². The Morgan fingerprint density at radius 2 is 2.05 bits per heavy atom. The van der Waals surface area contributed by atoms with Crippen LogP contribution in [0.25, 0.3) is 0 Å². The van der Waals surface area contributed by atoms with Gasteiger partial charge in [-0.1, -0.05) is 13.3 Å². The van der Waals surface area contributed by atoms with E-state index in [4.69, 9.17) is 9.47 Å². The van der Waals surface area contributed by atoms with E-state index in [-0.39, 0.29) is 6.10 Å². The van der Waals surface area contributed by atoms with Crippen molar-refractivity contribution in [3.63, 3.8) is 0 Å². The van der Waals surface area contributed by atoms with Crippen LogP contribution >= 0.6 is 0 Å². The number of aliphatic hydroxyl groups is 1. The highest BCUT2D eigenvalue weighted by Crippen LogP contribution is 2.29. The lowest BCUT2D eigenvalue weighted by molar-refractivity contribution is -0.0101. The standard InChI is InChI=1S/C15H31NO3/c1-12(2)19-7-6-18-11-15(17)10-16-9-14-5-4-13(3)8-14/h12-17H,4-11H2,1-3H3. The van der Waals surface area contributed by atoms with Gasteiger partial charge in [-0.15, -0.1) is 0 Å².